The SMILES string of the molecule is C=C1CC2(C(C)C)Cc3ccccc3C2=C(C)C1=O. The van der Waals surface area contributed by atoms with Gasteiger partial charge in [-0.15, -0.1) is 0 Å². The van der Waals surface area contributed by atoms with Gasteiger partial charge in [-0.2, -0.15) is 0 Å². The van der Waals surface area contributed by atoms with Crippen LogP contribution in [-0.4, -0.2) is 5.78 Å². The fraction of sp³-hybridized carbons (Fsp3) is 0.389. The Morgan fingerprint density at radius 2 is 1.89 bits per heavy atom. The summed E-state index contributed by atoms with van der Waals surface area (Å²) in [5.74, 6) is 0.665. The summed E-state index contributed by atoms with van der Waals surface area (Å²) < 4.78 is 0. The van der Waals surface area contributed by atoms with E-state index in [2.05, 4.69) is 44.7 Å². The molecule has 19 heavy (non-hydrogen) atoms. The van der Waals surface area contributed by atoms with Gasteiger partial charge in [0.25, 0.3) is 0 Å². The molecule has 1 heteroatoms. The molecule has 0 aromatic heterocycles. The number of ketones is 1. The second-order valence-corrected chi connectivity index (χ2v) is 6.25. The monoisotopic (exact) mass is 252 g/mol. The largest absolute Gasteiger partial charge is 0.289 e. The van der Waals surface area contributed by atoms with Gasteiger partial charge in [-0.3, -0.25) is 4.79 Å². The average molecular weight is 252 g/mol. The molecular weight excluding hydrogens is 232 g/mol. The molecule has 1 atom stereocenters. The smallest absolute Gasteiger partial charge is 0.184 e. The molecule has 0 saturated heterocycles. The second kappa shape index (κ2) is 3.93. The van der Waals surface area contributed by atoms with E-state index in [0.29, 0.717) is 5.92 Å². The minimum atomic E-state index is 0.0821. The number of carbonyl (C=O) groups is 1. The molecule has 0 spiro atoms. The Balaban J connectivity index is 2.32. The van der Waals surface area contributed by atoms with Crippen molar-refractivity contribution in [3.05, 3.63) is 53.1 Å². The van der Waals surface area contributed by atoms with Gasteiger partial charge in [0, 0.05) is 11.0 Å². The topological polar surface area (TPSA) is 17.1 Å². The second-order valence-electron chi connectivity index (χ2n) is 6.25. The molecule has 0 heterocycles. The third-order valence-corrected chi connectivity index (χ3v) is 4.96. The number of Topliss-reactive ketones (excluding diaryl/α,β-unsaturated/α-hetero) is 1. The fourth-order valence-corrected chi connectivity index (χ4v) is 3.88. The van der Waals surface area contributed by atoms with Crippen molar-refractivity contribution in [2.75, 3.05) is 0 Å². The van der Waals surface area contributed by atoms with Crippen LogP contribution in [0.3, 0.4) is 0 Å². The Hall–Kier alpha value is -1.63. The lowest BCUT2D eigenvalue weighted by Crippen LogP contribution is -2.34. The Labute approximate surface area is 115 Å². The predicted octanol–water partition coefficient (Wildman–Crippen LogP) is 4.19. The number of carbonyl (C=O) groups excluding carboxylic acids is 1. The van der Waals surface area contributed by atoms with Crippen molar-refractivity contribution in [1.82, 2.24) is 0 Å². The highest BCUT2D eigenvalue weighted by molar-refractivity contribution is 6.15. The van der Waals surface area contributed by atoms with Crippen molar-refractivity contribution in [3.63, 3.8) is 0 Å². The molecule has 0 fully saturated rings. The summed E-state index contributed by atoms with van der Waals surface area (Å²) in [6.45, 7) is 10.5. The molecule has 0 bridgehead atoms. The summed E-state index contributed by atoms with van der Waals surface area (Å²) in [7, 11) is 0. The zero-order valence-electron chi connectivity index (χ0n) is 11.9. The lowest BCUT2D eigenvalue weighted by molar-refractivity contribution is -0.112. The molecule has 98 valence electrons. The summed E-state index contributed by atoms with van der Waals surface area (Å²) in [5.41, 5.74) is 5.73. The van der Waals surface area contributed by atoms with Gasteiger partial charge in [-0.05, 0) is 48.0 Å². The van der Waals surface area contributed by atoms with E-state index in [1.54, 1.807) is 0 Å². The van der Waals surface area contributed by atoms with Gasteiger partial charge in [0.05, 0.1) is 0 Å². The lowest BCUT2D eigenvalue weighted by atomic mass is 9.63. The maximum Gasteiger partial charge on any atom is 0.184 e. The first kappa shape index (κ1) is 12.4. The van der Waals surface area contributed by atoms with Crippen molar-refractivity contribution in [2.45, 2.75) is 33.6 Å². The molecule has 0 aliphatic heterocycles. The van der Waals surface area contributed by atoms with Crippen LogP contribution >= 0.6 is 0 Å². The van der Waals surface area contributed by atoms with Gasteiger partial charge in [0.2, 0.25) is 0 Å². The number of hydrogen-bond donors (Lipinski definition) is 0. The van der Waals surface area contributed by atoms with E-state index in [4.69, 9.17) is 0 Å². The Morgan fingerprint density at radius 3 is 2.58 bits per heavy atom. The summed E-state index contributed by atoms with van der Waals surface area (Å²) in [6, 6.07) is 8.53. The molecule has 2 aliphatic carbocycles. The molecule has 0 N–H and O–H groups in total. The van der Waals surface area contributed by atoms with Gasteiger partial charge < -0.3 is 0 Å². The first-order chi connectivity index (χ1) is 8.97. The number of benzene rings is 1. The summed E-state index contributed by atoms with van der Waals surface area (Å²) in [6.07, 6.45) is 1.85. The number of rotatable bonds is 1. The van der Waals surface area contributed by atoms with E-state index in [0.717, 1.165) is 24.0 Å². The minimum Gasteiger partial charge on any atom is -0.289 e. The summed E-state index contributed by atoms with van der Waals surface area (Å²) >= 11 is 0. The van der Waals surface area contributed by atoms with Gasteiger partial charge in [0.1, 0.15) is 0 Å². The standard InChI is InChI=1S/C18H20O/c1-11(2)18-9-12(3)17(19)13(4)16(18)15-8-6-5-7-14(15)10-18/h5-8,11H,3,9-10H2,1-2,4H3. The average Bonchev–Trinajstić information content (AvgIpc) is 2.71. The van der Waals surface area contributed by atoms with Gasteiger partial charge in [0.15, 0.2) is 5.78 Å². The van der Waals surface area contributed by atoms with Crippen molar-refractivity contribution >= 4 is 11.4 Å². The van der Waals surface area contributed by atoms with E-state index in [1.807, 2.05) is 6.92 Å². The molecule has 0 amide bonds. The van der Waals surface area contributed by atoms with Crippen LogP contribution in [-0.2, 0) is 11.2 Å². The van der Waals surface area contributed by atoms with E-state index >= 15 is 0 Å². The Bertz CT molecular complexity index is 618. The number of fused-ring (bicyclic) bond motifs is 3. The third-order valence-electron chi connectivity index (χ3n) is 4.96. The molecule has 1 aromatic carbocycles. The van der Waals surface area contributed by atoms with Crippen molar-refractivity contribution in [3.8, 4) is 0 Å². The first-order valence-electron chi connectivity index (χ1n) is 6.99. The molecule has 0 saturated carbocycles. The highest BCUT2D eigenvalue weighted by Crippen LogP contribution is 2.58. The Kier molecular flexibility index (Phi) is 2.57. The van der Waals surface area contributed by atoms with Crippen LogP contribution in [0.2, 0.25) is 0 Å². The molecule has 1 aromatic rings. The molecule has 1 unspecified atom stereocenters. The molecule has 2 aliphatic rings. The van der Waals surface area contributed by atoms with Crippen LogP contribution in [0.25, 0.3) is 5.57 Å². The predicted molar refractivity (Wildman–Crippen MR) is 78.8 cm³/mol. The molecular formula is C18H20O. The molecule has 0 radical (unpaired) electrons. The lowest BCUT2D eigenvalue weighted by Gasteiger charge is -2.40. The normalized spacial score (nSPS) is 25.9. The first-order valence-corrected chi connectivity index (χ1v) is 6.99. The molecule has 3 rings (SSSR count). The molecule has 1 nitrogen and oxygen atoms in total. The highest BCUT2D eigenvalue weighted by atomic mass is 16.1. The maximum absolute atomic E-state index is 12.3. The van der Waals surface area contributed by atoms with Crippen molar-refractivity contribution < 1.29 is 4.79 Å². The summed E-state index contributed by atoms with van der Waals surface area (Å²) in [5, 5.41) is 0. The van der Waals surface area contributed by atoms with Crippen LogP contribution in [0.5, 0.6) is 0 Å². The van der Waals surface area contributed by atoms with Gasteiger partial charge in [-0.25, -0.2) is 0 Å². The van der Waals surface area contributed by atoms with Crippen LogP contribution < -0.4 is 0 Å². The maximum atomic E-state index is 12.3. The van der Waals surface area contributed by atoms with Crippen molar-refractivity contribution in [2.24, 2.45) is 11.3 Å². The van der Waals surface area contributed by atoms with Crippen LogP contribution in [0.1, 0.15) is 38.3 Å². The zero-order chi connectivity index (χ0) is 13.8. The van der Waals surface area contributed by atoms with E-state index in [9.17, 15) is 4.79 Å². The van der Waals surface area contributed by atoms with Crippen LogP contribution in [0.4, 0.5) is 0 Å². The fourth-order valence-electron chi connectivity index (χ4n) is 3.88. The highest BCUT2D eigenvalue weighted by Gasteiger charge is 2.48. The minimum absolute atomic E-state index is 0.0821. The third kappa shape index (κ3) is 1.51. The van der Waals surface area contributed by atoms with Gasteiger partial charge >= 0.3 is 0 Å². The quantitative estimate of drug-likeness (QED) is 0.685. The van der Waals surface area contributed by atoms with E-state index in [1.165, 1.54) is 16.7 Å². The zero-order valence-corrected chi connectivity index (χ0v) is 11.9. The van der Waals surface area contributed by atoms with Crippen LogP contribution in [0, 0.1) is 11.3 Å². The van der Waals surface area contributed by atoms with Crippen molar-refractivity contribution in [1.29, 1.82) is 0 Å². The number of hydrogen-bond acceptors (Lipinski definition) is 1. The van der Waals surface area contributed by atoms with E-state index in [-0.39, 0.29) is 11.2 Å². The van der Waals surface area contributed by atoms with Gasteiger partial charge in [-0.1, -0.05) is 44.7 Å². The van der Waals surface area contributed by atoms with Crippen LogP contribution in [0.15, 0.2) is 42.0 Å². The summed E-state index contributed by atoms with van der Waals surface area (Å²) in [4.78, 5) is 12.3. The number of allylic oxidation sites excluding steroid dienone is 3. The Morgan fingerprint density at radius 1 is 1.21 bits per heavy atom. The van der Waals surface area contributed by atoms with E-state index < -0.39 is 0 Å².